The Hall–Kier alpha value is -1.96. The lowest BCUT2D eigenvalue weighted by molar-refractivity contribution is 0.303. The van der Waals surface area contributed by atoms with Crippen LogP contribution in [-0.4, -0.2) is 12.2 Å². The number of benzene rings is 2. The summed E-state index contributed by atoms with van der Waals surface area (Å²) in [5.74, 6) is 2.43. The highest BCUT2D eigenvalue weighted by Gasteiger charge is 2.24. The zero-order valence-electron chi connectivity index (χ0n) is 13.7. The van der Waals surface area contributed by atoms with Crippen LogP contribution in [0.3, 0.4) is 0 Å². The van der Waals surface area contributed by atoms with Crippen molar-refractivity contribution >= 4 is 0 Å². The zero-order valence-corrected chi connectivity index (χ0v) is 13.7. The summed E-state index contributed by atoms with van der Waals surface area (Å²) in [6.07, 6.45) is 6.82. The van der Waals surface area contributed by atoms with Crippen molar-refractivity contribution in [3.8, 4) is 11.5 Å². The molecular weight excluding hydrogens is 284 g/mol. The van der Waals surface area contributed by atoms with Gasteiger partial charge in [-0.3, -0.25) is 0 Å². The van der Waals surface area contributed by atoms with Gasteiger partial charge in [0.1, 0.15) is 11.5 Å². The van der Waals surface area contributed by atoms with E-state index in [2.05, 4.69) is 55.5 Å². The molecule has 0 spiro atoms. The molecule has 120 valence electrons. The molecule has 23 heavy (non-hydrogen) atoms. The molecule has 0 amide bonds. The quantitative estimate of drug-likeness (QED) is 0.690. The highest BCUT2D eigenvalue weighted by Crippen LogP contribution is 2.33. The maximum atomic E-state index is 5.84. The van der Waals surface area contributed by atoms with Crippen molar-refractivity contribution in [2.45, 2.75) is 57.2 Å². The van der Waals surface area contributed by atoms with Crippen LogP contribution in [0, 0.1) is 0 Å². The molecule has 2 saturated carbocycles. The van der Waals surface area contributed by atoms with E-state index in [0.717, 1.165) is 17.9 Å². The molecule has 0 radical (unpaired) electrons. The Labute approximate surface area is 138 Å². The SMILES string of the molecule is CCC(c1ccc(OC2CC2)cc1)c1ccc(OC2CC2)cc1. The molecule has 0 saturated heterocycles. The average Bonchev–Trinajstić information content (AvgIpc) is 3.48. The van der Waals surface area contributed by atoms with Gasteiger partial charge in [0.25, 0.3) is 0 Å². The standard InChI is InChI=1S/C21H24O2/c1-2-21(15-3-7-17(8-4-15)22-19-11-12-19)16-5-9-18(10-6-16)23-20-13-14-20/h3-10,19-21H,2,11-14H2,1H3. The third kappa shape index (κ3) is 3.69. The van der Waals surface area contributed by atoms with E-state index in [1.54, 1.807) is 0 Å². The van der Waals surface area contributed by atoms with Gasteiger partial charge in [0.15, 0.2) is 0 Å². The van der Waals surface area contributed by atoms with Crippen molar-refractivity contribution in [2.24, 2.45) is 0 Å². The molecule has 0 aromatic heterocycles. The molecule has 2 aliphatic carbocycles. The van der Waals surface area contributed by atoms with Crippen molar-refractivity contribution in [3.05, 3.63) is 59.7 Å². The molecule has 0 aliphatic heterocycles. The Morgan fingerprint density at radius 3 is 1.43 bits per heavy atom. The lowest BCUT2D eigenvalue weighted by Crippen LogP contribution is -2.01. The number of hydrogen-bond donors (Lipinski definition) is 0. The summed E-state index contributed by atoms with van der Waals surface area (Å²) in [7, 11) is 0. The van der Waals surface area contributed by atoms with Crippen LogP contribution in [0.2, 0.25) is 0 Å². The van der Waals surface area contributed by atoms with E-state index >= 15 is 0 Å². The van der Waals surface area contributed by atoms with Gasteiger partial charge in [-0.15, -0.1) is 0 Å². The van der Waals surface area contributed by atoms with E-state index in [4.69, 9.17) is 9.47 Å². The summed E-state index contributed by atoms with van der Waals surface area (Å²) >= 11 is 0. The highest BCUT2D eigenvalue weighted by atomic mass is 16.5. The van der Waals surface area contributed by atoms with Gasteiger partial charge >= 0.3 is 0 Å². The Balaban J connectivity index is 1.47. The molecule has 2 nitrogen and oxygen atoms in total. The van der Waals surface area contributed by atoms with E-state index in [9.17, 15) is 0 Å². The summed E-state index contributed by atoms with van der Waals surface area (Å²) in [4.78, 5) is 0. The van der Waals surface area contributed by atoms with Gasteiger partial charge in [-0.2, -0.15) is 0 Å². The van der Waals surface area contributed by atoms with Crippen molar-refractivity contribution in [2.75, 3.05) is 0 Å². The summed E-state index contributed by atoms with van der Waals surface area (Å²) in [6, 6.07) is 17.3. The van der Waals surface area contributed by atoms with E-state index in [0.29, 0.717) is 18.1 Å². The first kappa shape index (κ1) is 14.6. The Morgan fingerprint density at radius 2 is 1.13 bits per heavy atom. The van der Waals surface area contributed by atoms with Crippen LogP contribution >= 0.6 is 0 Å². The number of ether oxygens (including phenoxy) is 2. The third-order valence-corrected chi connectivity index (χ3v) is 4.63. The molecule has 2 fully saturated rings. The normalized spacial score (nSPS) is 17.3. The first-order valence-corrected chi connectivity index (χ1v) is 8.85. The smallest absolute Gasteiger partial charge is 0.119 e. The van der Waals surface area contributed by atoms with E-state index in [-0.39, 0.29) is 0 Å². The fraction of sp³-hybridized carbons (Fsp3) is 0.429. The predicted molar refractivity (Wildman–Crippen MR) is 92.3 cm³/mol. The summed E-state index contributed by atoms with van der Waals surface area (Å²) in [5.41, 5.74) is 2.71. The molecule has 0 N–H and O–H groups in total. The molecule has 2 aromatic carbocycles. The fourth-order valence-corrected chi connectivity index (χ4v) is 2.98. The molecule has 0 unspecified atom stereocenters. The molecule has 0 heterocycles. The van der Waals surface area contributed by atoms with Crippen LogP contribution in [0.5, 0.6) is 11.5 Å². The summed E-state index contributed by atoms with van der Waals surface area (Å²) in [5, 5.41) is 0. The summed E-state index contributed by atoms with van der Waals surface area (Å²) in [6.45, 7) is 2.24. The van der Waals surface area contributed by atoms with E-state index in [1.807, 2.05) is 0 Å². The van der Waals surface area contributed by atoms with Crippen molar-refractivity contribution in [1.82, 2.24) is 0 Å². The highest BCUT2D eigenvalue weighted by molar-refractivity contribution is 5.38. The monoisotopic (exact) mass is 308 g/mol. The topological polar surface area (TPSA) is 18.5 Å². The molecule has 2 heteroatoms. The maximum Gasteiger partial charge on any atom is 0.119 e. The van der Waals surface area contributed by atoms with Crippen LogP contribution in [0.4, 0.5) is 0 Å². The molecule has 2 aromatic rings. The van der Waals surface area contributed by atoms with E-state index < -0.39 is 0 Å². The van der Waals surface area contributed by atoms with Crippen LogP contribution in [0.1, 0.15) is 56.1 Å². The van der Waals surface area contributed by atoms with Crippen molar-refractivity contribution in [3.63, 3.8) is 0 Å². The molecular formula is C21H24O2. The molecule has 0 bridgehead atoms. The van der Waals surface area contributed by atoms with Gasteiger partial charge < -0.3 is 9.47 Å². The Morgan fingerprint density at radius 1 is 0.739 bits per heavy atom. The lowest BCUT2D eigenvalue weighted by Gasteiger charge is -2.17. The Kier molecular flexibility index (Phi) is 3.99. The minimum absolute atomic E-state index is 0.431. The average molecular weight is 308 g/mol. The predicted octanol–water partition coefficient (Wildman–Crippen LogP) is 5.31. The summed E-state index contributed by atoms with van der Waals surface area (Å²) < 4.78 is 11.7. The second kappa shape index (κ2) is 6.27. The second-order valence-electron chi connectivity index (χ2n) is 6.73. The molecule has 0 atom stereocenters. The van der Waals surface area contributed by atoms with Crippen LogP contribution in [0.15, 0.2) is 48.5 Å². The molecule has 4 rings (SSSR count). The van der Waals surface area contributed by atoms with E-state index in [1.165, 1.54) is 36.8 Å². The fourth-order valence-electron chi connectivity index (χ4n) is 2.98. The van der Waals surface area contributed by atoms with Crippen molar-refractivity contribution < 1.29 is 9.47 Å². The number of hydrogen-bond acceptors (Lipinski definition) is 2. The minimum atomic E-state index is 0.431. The van der Waals surface area contributed by atoms with Gasteiger partial charge in [-0.25, -0.2) is 0 Å². The van der Waals surface area contributed by atoms with Gasteiger partial charge in [0.05, 0.1) is 12.2 Å². The maximum absolute atomic E-state index is 5.84. The van der Waals surface area contributed by atoms with Gasteiger partial charge in [0, 0.05) is 5.92 Å². The third-order valence-electron chi connectivity index (χ3n) is 4.63. The van der Waals surface area contributed by atoms with Gasteiger partial charge in [-0.1, -0.05) is 31.2 Å². The van der Waals surface area contributed by atoms with Crippen LogP contribution in [-0.2, 0) is 0 Å². The zero-order chi connectivity index (χ0) is 15.6. The first-order valence-electron chi connectivity index (χ1n) is 8.85. The lowest BCUT2D eigenvalue weighted by atomic mass is 9.89. The Bertz CT molecular complexity index is 579. The van der Waals surface area contributed by atoms with Gasteiger partial charge in [0.2, 0.25) is 0 Å². The van der Waals surface area contributed by atoms with Crippen LogP contribution < -0.4 is 9.47 Å². The van der Waals surface area contributed by atoms with Gasteiger partial charge in [-0.05, 0) is 67.5 Å². The largest absolute Gasteiger partial charge is 0.490 e. The first-order chi connectivity index (χ1) is 11.3. The number of rotatable bonds is 7. The minimum Gasteiger partial charge on any atom is -0.490 e. The second-order valence-corrected chi connectivity index (χ2v) is 6.73. The van der Waals surface area contributed by atoms with Crippen molar-refractivity contribution in [1.29, 1.82) is 0 Å². The molecule has 2 aliphatic rings. The van der Waals surface area contributed by atoms with Crippen LogP contribution in [0.25, 0.3) is 0 Å².